The van der Waals surface area contributed by atoms with Crippen LogP contribution in [-0.4, -0.2) is 28.9 Å². The number of nitrogens with zero attached hydrogens (tertiary/aromatic N) is 3. The molecule has 0 unspecified atom stereocenters. The van der Waals surface area contributed by atoms with Crippen molar-refractivity contribution in [2.75, 3.05) is 0 Å². The molecule has 0 saturated heterocycles. The van der Waals surface area contributed by atoms with E-state index in [1.54, 1.807) is 0 Å². The Morgan fingerprint density at radius 1 is 1.23 bits per heavy atom. The summed E-state index contributed by atoms with van der Waals surface area (Å²) < 4.78 is 45.6. The van der Waals surface area contributed by atoms with Crippen molar-refractivity contribution in [1.82, 2.24) is 9.78 Å². The Labute approximate surface area is 174 Å². The molecule has 0 amide bonds. The summed E-state index contributed by atoms with van der Waals surface area (Å²) in [5, 5.41) is 14.8. The van der Waals surface area contributed by atoms with Gasteiger partial charge < -0.3 is 4.18 Å². The largest absolute Gasteiger partial charge is 0.358 e. The molecule has 0 spiro atoms. The standard InChI is InChI=1S/C18H13ClFN3O6S/c1-10-16(17(24)14-8-3-11(19)9-15(14)20)18(22(2)21-10)29-30(27,28)13-6-4-12(5-7-13)23(25)26/h3-9H,1-2H3. The van der Waals surface area contributed by atoms with Gasteiger partial charge in [0.15, 0.2) is 0 Å². The number of carbonyl (C=O) groups is 1. The van der Waals surface area contributed by atoms with Gasteiger partial charge in [0.2, 0.25) is 11.7 Å². The van der Waals surface area contributed by atoms with Crippen LogP contribution < -0.4 is 4.18 Å². The molecule has 9 nitrogen and oxygen atoms in total. The number of ketones is 1. The third-order valence-corrected chi connectivity index (χ3v) is 5.56. The van der Waals surface area contributed by atoms with Gasteiger partial charge in [0, 0.05) is 24.2 Å². The SMILES string of the molecule is Cc1nn(C)c(OS(=O)(=O)c2ccc([N+](=O)[O-])cc2)c1C(=O)c1ccc(Cl)cc1F. The lowest BCUT2D eigenvalue weighted by Gasteiger charge is -2.09. The molecule has 1 heterocycles. The van der Waals surface area contributed by atoms with Crippen molar-refractivity contribution >= 4 is 33.2 Å². The van der Waals surface area contributed by atoms with Gasteiger partial charge in [0.25, 0.3) is 5.69 Å². The second-order valence-electron chi connectivity index (χ2n) is 6.13. The van der Waals surface area contributed by atoms with Gasteiger partial charge in [-0.2, -0.15) is 13.5 Å². The predicted octanol–water partition coefficient (Wildman–Crippen LogP) is 3.43. The maximum absolute atomic E-state index is 14.2. The highest BCUT2D eigenvalue weighted by molar-refractivity contribution is 7.87. The molecule has 0 atom stereocenters. The van der Waals surface area contributed by atoms with Crippen LogP contribution in [0.25, 0.3) is 0 Å². The minimum Gasteiger partial charge on any atom is -0.358 e. The minimum atomic E-state index is -4.47. The zero-order chi connectivity index (χ0) is 22.2. The fraction of sp³-hybridized carbons (Fsp3) is 0.111. The van der Waals surface area contributed by atoms with E-state index in [9.17, 15) is 27.7 Å². The Morgan fingerprint density at radius 2 is 1.87 bits per heavy atom. The molecule has 0 aliphatic rings. The van der Waals surface area contributed by atoms with E-state index in [0.29, 0.717) is 0 Å². The maximum Gasteiger partial charge on any atom is 0.340 e. The summed E-state index contributed by atoms with van der Waals surface area (Å²) in [4.78, 5) is 22.6. The number of halogens is 2. The number of non-ortho nitro benzene ring substituents is 1. The molecule has 0 fully saturated rings. The third kappa shape index (κ3) is 4.02. The third-order valence-electron chi connectivity index (χ3n) is 4.10. The average Bonchev–Trinajstić information content (AvgIpc) is 2.94. The summed E-state index contributed by atoms with van der Waals surface area (Å²) in [5.41, 5.74) is -0.776. The van der Waals surface area contributed by atoms with E-state index in [0.717, 1.165) is 35.0 Å². The molecule has 0 aliphatic heterocycles. The van der Waals surface area contributed by atoms with Gasteiger partial charge in [0.1, 0.15) is 16.3 Å². The Bertz CT molecular complexity index is 1270. The van der Waals surface area contributed by atoms with Crippen LogP contribution in [0, 0.1) is 22.9 Å². The number of hydrogen-bond donors (Lipinski definition) is 0. The molecule has 2 aromatic carbocycles. The van der Waals surface area contributed by atoms with Crippen LogP contribution in [0.15, 0.2) is 47.4 Å². The van der Waals surface area contributed by atoms with Crippen LogP contribution in [0.1, 0.15) is 21.6 Å². The molecule has 30 heavy (non-hydrogen) atoms. The van der Waals surface area contributed by atoms with Gasteiger partial charge in [-0.1, -0.05) is 11.6 Å². The fourth-order valence-corrected chi connectivity index (χ4v) is 3.81. The van der Waals surface area contributed by atoms with Crippen molar-refractivity contribution in [2.45, 2.75) is 11.8 Å². The van der Waals surface area contributed by atoms with Gasteiger partial charge in [-0.05, 0) is 37.3 Å². The summed E-state index contributed by atoms with van der Waals surface area (Å²) in [5.74, 6) is -2.16. The number of rotatable bonds is 6. The molecular weight excluding hydrogens is 441 g/mol. The number of aryl methyl sites for hydroxylation is 2. The van der Waals surface area contributed by atoms with Crippen molar-refractivity contribution in [2.24, 2.45) is 7.05 Å². The average molecular weight is 454 g/mol. The molecular formula is C18H13ClFN3O6S. The summed E-state index contributed by atoms with van der Waals surface area (Å²) in [7, 11) is -3.12. The van der Waals surface area contributed by atoms with Gasteiger partial charge in [0.05, 0.1) is 16.2 Å². The lowest BCUT2D eigenvalue weighted by atomic mass is 10.0. The van der Waals surface area contributed by atoms with Crippen molar-refractivity contribution in [1.29, 1.82) is 0 Å². The van der Waals surface area contributed by atoms with E-state index in [1.807, 2.05) is 0 Å². The van der Waals surface area contributed by atoms with Gasteiger partial charge in [-0.3, -0.25) is 14.9 Å². The van der Waals surface area contributed by atoms with Crippen molar-refractivity contribution in [3.8, 4) is 5.88 Å². The van der Waals surface area contributed by atoms with Crippen LogP contribution in [0.2, 0.25) is 5.02 Å². The van der Waals surface area contributed by atoms with Crippen molar-refractivity contribution < 1.29 is 26.7 Å². The Morgan fingerprint density at radius 3 is 2.43 bits per heavy atom. The zero-order valence-electron chi connectivity index (χ0n) is 15.5. The van der Waals surface area contributed by atoms with Crippen LogP contribution in [-0.2, 0) is 17.2 Å². The predicted molar refractivity (Wildman–Crippen MR) is 104 cm³/mol. The van der Waals surface area contributed by atoms with E-state index in [4.69, 9.17) is 15.8 Å². The van der Waals surface area contributed by atoms with Crippen molar-refractivity contribution in [3.63, 3.8) is 0 Å². The minimum absolute atomic E-state index is 0.0872. The Balaban J connectivity index is 2.03. The number of hydrogen-bond acceptors (Lipinski definition) is 7. The molecule has 3 aromatic rings. The van der Waals surface area contributed by atoms with Gasteiger partial charge >= 0.3 is 10.1 Å². The maximum atomic E-state index is 14.2. The second kappa shape index (κ2) is 7.84. The van der Waals surface area contributed by atoms with Crippen LogP contribution in [0.5, 0.6) is 5.88 Å². The topological polar surface area (TPSA) is 121 Å². The van der Waals surface area contributed by atoms with E-state index < -0.39 is 32.5 Å². The molecule has 0 N–H and O–H groups in total. The molecule has 156 valence electrons. The molecule has 0 radical (unpaired) electrons. The summed E-state index contributed by atoms with van der Waals surface area (Å²) in [6, 6.07) is 7.43. The number of benzene rings is 2. The monoisotopic (exact) mass is 453 g/mol. The number of nitro groups is 1. The smallest absolute Gasteiger partial charge is 0.340 e. The first kappa shape index (κ1) is 21.4. The Kier molecular flexibility index (Phi) is 5.59. The fourth-order valence-electron chi connectivity index (χ4n) is 2.69. The van der Waals surface area contributed by atoms with E-state index in [-0.39, 0.29) is 32.4 Å². The van der Waals surface area contributed by atoms with Crippen molar-refractivity contribution in [3.05, 3.63) is 80.2 Å². The first-order valence-electron chi connectivity index (χ1n) is 8.23. The lowest BCUT2D eigenvalue weighted by Crippen LogP contribution is -2.15. The molecule has 0 bridgehead atoms. The highest BCUT2D eigenvalue weighted by atomic mass is 35.5. The summed E-state index contributed by atoms with van der Waals surface area (Å²) >= 11 is 5.71. The molecule has 12 heteroatoms. The summed E-state index contributed by atoms with van der Waals surface area (Å²) in [6.07, 6.45) is 0. The van der Waals surface area contributed by atoms with E-state index in [2.05, 4.69) is 5.10 Å². The van der Waals surface area contributed by atoms with Gasteiger partial charge in [-0.15, -0.1) is 0 Å². The van der Waals surface area contributed by atoms with Crippen LogP contribution in [0.4, 0.5) is 10.1 Å². The van der Waals surface area contributed by atoms with Gasteiger partial charge in [-0.25, -0.2) is 9.07 Å². The normalized spacial score (nSPS) is 11.3. The van der Waals surface area contributed by atoms with Crippen LogP contribution >= 0.6 is 11.6 Å². The molecule has 1 aromatic heterocycles. The molecule has 0 saturated carbocycles. The highest BCUT2D eigenvalue weighted by Gasteiger charge is 2.29. The number of nitro benzene ring substituents is 1. The lowest BCUT2D eigenvalue weighted by molar-refractivity contribution is -0.384. The summed E-state index contributed by atoms with van der Waals surface area (Å²) in [6.45, 7) is 1.44. The highest BCUT2D eigenvalue weighted by Crippen LogP contribution is 2.29. The first-order chi connectivity index (χ1) is 14.0. The zero-order valence-corrected chi connectivity index (χ0v) is 17.1. The van der Waals surface area contributed by atoms with Crippen LogP contribution in [0.3, 0.4) is 0 Å². The first-order valence-corrected chi connectivity index (χ1v) is 10.0. The van der Waals surface area contributed by atoms with E-state index in [1.165, 1.54) is 26.1 Å². The van der Waals surface area contributed by atoms with E-state index >= 15 is 0 Å². The Hall–Kier alpha value is -3.31. The molecule has 0 aliphatic carbocycles. The number of aromatic nitrogens is 2. The molecule has 3 rings (SSSR count). The second-order valence-corrected chi connectivity index (χ2v) is 8.11. The quantitative estimate of drug-likeness (QED) is 0.242. The number of carbonyl (C=O) groups excluding carboxylic acids is 1.